The predicted octanol–water partition coefficient (Wildman–Crippen LogP) is 0.697. The van der Waals surface area contributed by atoms with Gasteiger partial charge >= 0.3 is 5.88 Å². The summed E-state index contributed by atoms with van der Waals surface area (Å²) in [5, 5.41) is 13.9. The number of nitrogens with zero attached hydrogens (tertiary/aromatic N) is 3. The van der Waals surface area contributed by atoms with Crippen LogP contribution in [0.1, 0.15) is 5.89 Å². The topological polar surface area (TPSA) is 121 Å². The van der Waals surface area contributed by atoms with Crippen molar-refractivity contribution in [3.8, 4) is 11.6 Å². The Morgan fingerprint density at radius 1 is 1.53 bits per heavy atom. The van der Waals surface area contributed by atoms with Gasteiger partial charge in [0.25, 0.3) is 0 Å². The Hall–Kier alpha value is -2.22. The molecular weight excluding hydrogens is 204 g/mol. The molecule has 8 heteroatoms. The zero-order valence-electron chi connectivity index (χ0n) is 7.41. The number of nitro groups is 1. The van der Waals surface area contributed by atoms with Crippen molar-refractivity contribution in [2.24, 2.45) is 5.73 Å². The highest BCUT2D eigenvalue weighted by Gasteiger charge is 2.16. The van der Waals surface area contributed by atoms with Crippen molar-refractivity contribution in [3.05, 3.63) is 28.1 Å². The normalized spacial score (nSPS) is 10.5. The Morgan fingerprint density at radius 3 is 2.87 bits per heavy atom. The number of hydrogen-bond donors (Lipinski definition) is 1. The second-order valence-electron chi connectivity index (χ2n) is 2.61. The molecule has 2 rings (SSSR count). The molecule has 0 radical (unpaired) electrons. The summed E-state index contributed by atoms with van der Waals surface area (Å²) in [6.45, 7) is 0.107. The van der Waals surface area contributed by atoms with Gasteiger partial charge in [-0.1, -0.05) is 5.16 Å². The monoisotopic (exact) mass is 210 g/mol. The molecule has 0 aliphatic heterocycles. The third kappa shape index (κ3) is 1.70. The molecule has 0 atom stereocenters. The van der Waals surface area contributed by atoms with E-state index < -0.39 is 4.92 Å². The number of furan rings is 1. The van der Waals surface area contributed by atoms with E-state index in [0.29, 0.717) is 0 Å². The molecule has 78 valence electrons. The minimum atomic E-state index is -0.645. The van der Waals surface area contributed by atoms with E-state index >= 15 is 0 Å². The van der Waals surface area contributed by atoms with Gasteiger partial charge in [-0.2, -0.15) is 4.98 Å². The first-order valence-corrected chi connectivity index (χ1v) is 3.98. The van der Waals surface area contributed by atoms with Crippen LogP contribution in [0, 0.1) is 10.1 Å². The second-order valence-corrected chi connectivity index (χ2v) is 2.61. The standard InChI is InChI=1S/C7H6N4O4/c8-3-5-9-7(10-15-5)4-1-2-6(14-4)11(12)13/h1-2H,3,8H2. The third-order valence-corrected chi connectivity index (χ3v) is 1.63. The first-order valence-electron chi connectivity index (χ1n) is 3.98. The molecule has 2 N–H and O–H groups in total. The van der Waals surface area contributed by atoms with E-state index in [1.807, 2.05) is 0 Å². The van der Waals surface area contributed by atoms with E-state index in [4.69, 9.17) is 14.7 Å². The fourth-order valence-electron chi connectivity index (χ4n) is 0.984. The lowest BCUT2D eigenvalue weighted by atomic mass is 10.4. The lowest BCUT2D eigenvalue weighted by Gasteiger charge is -1.83. The smallest absolute Gasteiger partial charge is 0.397 e. The maximum Gasteiger partial charge on any atom is 0.433 e. The van der Waals surface area contributed by atoms with Crippen LogP contribution in [-0.4, -0.2) is 15.1 Å². The van der Waals surface area contributed by atoms with Crippen LogP contribution < -0.4 is 5.73 Å². The first kappa shape index (κ1) is 9.34. The molecular formula is C7H6N4O4. The van der Waals surface area contributed by atoms with Gasteiger partial charge in [0.2, 0.25) is 11.7 Å². The van der Waals surface area contributed by atoms with Crippen molar-refractivity contribution in [1.29, 1.82) is 0 Å². The Kier molecular flexibility index (Phi) is 2.18. The van der Waals surface area contributed by atoms with E-state index in [1.165, 1.54) is 12.1 Å². The van der Waals surface area contributed by atoms with E-state index in [0.717, 1.165) is 0 Å². The van der Waals surface area contributed by atoms with Gasteiger partial charge in [0.1, 0.15) is 4.92 Å². The lowest BCUT2D eigenvalue weighted by Crippen LogP contribution is -1.95. The van der Waals surface area contributed by atoms with Gasteiger partial charge in [0.05, 0.1) is 12.6 Å². The number of rotatable bonds is 3. The van der Waals surface area contributed by atoms with Crippen molar-refractivity contribution in [2.45, 2.75) is 6.54 Å². The molecule has 0 saturated heterocycles. The Labute approximate surface area is 82.8 Å². The van der Waals surface area contributed by atoms with Crippen LogP contribution >= 0.6 is 0 Å². The fourth-order valence-corrected chi connectivity index (χ4v) is 0.984. The zero-order valence-corrected chi connectivity index (χ0v) is 7.41. The van der Waals surface area contributed by atoms with Gasteiger partial charge in [0.15, 0.2) is 5.76 Å². The Bertz CT molecular complexity index is 489. The summed E-state index contributed by atoms with van der Waals surface area (Å²) in [4.78, 5) is 13.5. The lowest BCUT2D eigenvalue weighted by molar-refractivity contribution is -0.401. The van der Waals surface area contributed by atoms with Crippen LogP contribution in [0.4, 0.5) is 5.88 Å². The highest BCUT2D eigenvalue weighted by molar-refractivity contribution is 5.47. The van der Waals surface area contributed by atoms with E-state index in [1.54, 1.807) is 0 Å². The van der Waals surface area contributed by atoms with Gasteiger partial charge in [-0.15, -0.1) is 0 Å². The van der Waals surface area contributed by atoms with Gasteiger partial charge in [-0.25, -0.2) is 0 Å². The van der Waals surface area contributed by atoms with Gasteiger partial charge in [0, 0.05) is 0 Å². The van der Waals surface area contributed by atoms with Crippen LogP contribution in [-0.2, 0) is 6.54 Å². The molecule has 2 heterocycles. The molecule has 0 fully saturated rings. The summed E-state index contributed by atoms with van der Waals surface area (Å²) in [7, 11) is 0. The molecule has 15 heavy (non-hydrogen) atoms. The molecule has 0 aliphatic carbocycles. The molecule has 0 saturated carbocycles. The molecule has 2 aromatic heterocycles. The van der Waals surface area contributed by atoms with Crippen molar-refractivity contribution in [3.63, 3.8) is 0 Å². The summed E-state index contributed by atoms with van der Waals surface area (Å²) in [5.41, 5.74) is 5.26. The minimum absolute atomic E-state index is 0.107. The molecule has 0 aliphatic rings. The minimum Gasteiger partial charge on any atom is -0.397 e. The summed E-state index contributed by atoms with van der Waals surface area (Å²) in [5.74, 6) is 0.182. The quantitative estimate of drug-likeness (QED) is 0.584. The second kappa shape index (κ2) is 3.50. The van der Waals surface area contributed by atoms with Crippen molar-refractivity contribution >= 4 is 5.88 Å². The van der Waals surface area contributed by atoms with Crippen molar-refractivity contribution in [1.82, 2.24) is 10.1 Å². The summed E-state index contributed by atoms with van der Waals surface area (Å²) < 4.78 is 9.59. The maximum absolute atomic E-state index is 10.3. The molecule has 0 spiro atoms. The molecule has 0 aromatic carbocycles. The third-order valence-electron chi connectivity index (χ3n) is 1.63. The Morgan fingerprint density at radius 2 is 2.33 bits per heavy atom. The van der Waals surface area contributed by atoms with Crippen LogP contribution in [0.2, 0.25) is 0 Å². The fraction of sp³-hybridized carbons (Fsp3) is 0.143. The zero-order chi connectivity index (χ0) is 10.8. The number of nitrogens with two attached hydrogens (primary N) is 1. The summed E-state index contributed by atoms with van der Waals surface area (Å²) in [6, 6.07) is 2.61. The van der Waals surface area contributed by atoms with Gasteiger partial charge in [-0.05, 0) is 6.07 Å². The van der Waals surface area contributed by atoms with Crippen molar-refractivity contribution < 1.29 is 13.9 Å². The van der Waals surface area contributed by atoms with Crippen LogP contribution in [0.5, 0.6) is 0 Å². The highest BCUT2D eigenvalue weighted by Crippen LogP contribution is 2.23. The van der Waals surface area contributed by atoms with Gasteiger partial charge < -0.3 is 14.7 Å². The molecule has 0 unspecified atom stereocenters. The number of aromatic nitrogens is 2. The summed E-state index contributed by atoms with van der Waals surface area (Å²) in [6.07, 6.45) is 0. The predicted molar refractivity (Wildman–Crippen MR) is 46.5 cm³/mol. The highest BCUT2D eigenvalue weighted by atomic mass is 16.6. The van der Waals surface area contributed by atoms with Gasteiger partial charge in [-0.3, -0.25) is 10.1 Å². The van der Waals surface area contributed by atoms with E-state index in [9.17, 15) is 10.1 Å². The van der Waals surface area contributed by atoms with Crippen LogP contribution in [0.15, 0.2) is 21.1 Å². The first-order chi connectivity index (χ1) is 7.20. The van der Waals surface area contributed by atoms with Crippen LogP contribution in [0.25, 0.3) is 11.6 Å². The van der Waals surface area contributed by atoms with E-state index in [2.05, 4.69) is 10.1 Å². The molecule has 8 nitrogen and oxygen atoms in total. The average molecular weight is 210 g/mol. The van der Waals surface area contributed by atoms with Crippen LogP contribution in [0.3, 0.4) is 0 Å². The number of hydrogen-bond acceptors (Lipinski definition) is 7. The SMILES string of the molecule is NCc1nc(-c2ccc([N+](=O)[O-])o2)no1. The summed E-state index contributed by atoms with van der Waals surface area (Å²) >= 11 is 0. The maximum atomic E-state index is 10.3. The van der Waals surface area contributed by atoms with E-state index in [-0.39, 0.29) is 29.9 Å². The molecule has 0 amide bonds. The Balaban J connectivity index is 2.32. The molecule has 0 bridgehead atoms. The van der Waals surface area contributed by atoms with Crippen molar-refractivity contribution in [2.75, 3.05) is 0 Å². The largest absolute Gasteiger partial charge is 0.433 e. The average Bonchev–Trinajstić information content (AvgIpc) is 2.86. The molecule has 2 aromatic rings.